The SMILES string of the molecule is CCCCCCCCCCCCCCCC(=O)O[C@H](COC(=O)CCCCCCCCC(C)CC)COP(=O)(O)OC[C@@H](O)COP(=O)(O)OC[C@@H](COC(=O)CCCCCCC)OC(=O)CCCCCCCCCCC. The molecule has 0 bridgehead atoms. The van der Waals surface area contributed by atoms with Crippen LogP contribution in [0.5, 0.6) is 0 Å². The second-order valence-corrected chi connectivity index (χ2v) is 24.2. The zero-order chi connectivity index (χ0) is 57.1. The number of phosphoric ester groups is 2. The highest BCUT2D eigenvalue weighted by Gasteiger charge is 2.30. The van der Waals surface area contributed by atoms with Crippen LogP contribution >= 0.6 is 15.6 Å². The third-order valence-electron chi connectivity index (χ3n) is 13.6. The van der Waals surface area contributed by atoms with Crippen molar-refractivity contribution in [3.63, 3.8) is 0 Å². The molecule has 0 heterocycles. The average Bonchev–Trinajstić information content (AvgIpc) is 3.40. The number of carbonyl (C=O) groups is 4. The number of aliphatic hydroxyl groups excluding tert-OH is 1. The largest absolute Gasteiger partial charge is 0.472 e. The number of ether oxygens (including phenoxy) is 4. The van der Waals surface area contributed by atoms with Gasteiger partial charge in [-0.3, -0.25) is 37.3 Å². The molecule has 456 valence electrons. The van der Waals surface area contributed by atoms with Crippen LogP contribution in [-0.4, -0.2) is 96.7 Å². The summed E-state index contributed by atoms with van der Waals surface area (Å²) in [4.78, 5) is 71.6. The molecule has 0 saturated heterocycles. The highest BCUT2D eigenvalue weighted by Crippen LogP contribution is 2.45. The van der Waals surface area contributed by atoms with E-state index in [1.807, 2.05) is 0 Å². The lowest BCUT2D eigenvalue weighted by Gasteiger charge is -2.21. The number of rotatable bonds is 58. The fourth-order valence-electron chi connectivity index (χ4n) is 8.49. The highest BCUT2D eigenvalue weighted by atomic mass is 31.2. The minimum Gasteiger partial charge on any atom is -0.462 e. The number of aliphatic hydroxyl groups is 1. The number of hydrogen-bond acceptors (Lipinski definition) is 15. The number of esters is 4. The van der Waals surface area contributed by atoms with Gasteiger partial charge in [0.05, 0.1) is 26.4 Å². The molecule has 0 spiro atoms. The number of carbonyl (C=O) groups excluding carboxylic acids is 4. The van der Waals surface area contributed by atoms with Gasteiger partial charge >= 0.3 is 39.5 Å². The van der Waals surface area contributed by atoms with Gasteiger partial charge in [0.2, 0.25) is 0 Å². The Morgan fingerprint density at radius 2 is 0.623 bits per heavy atom. The molecular weight excluding hydrogens is 1030 g/mol. The molecular formula is C58H112O17P2. The molecule has 0 radical (unpaired) electrons. The summed E-state index contributed by atoms with van der Waals surface area (Å²) in [5.74, 6) is -1.42. The van der Waals surface area contributed by atoms with Crippen molar-refractivity contribution < 1.29 is 80.2 Å². The lowest BCUT2D eigenvalue weighted by Crippen LogP contribution is -2.30. The number of hydrogen-bond donors (Lipinski definition) is 3. The second kappa shape index (κ2) is 52.2. The van der Waals surface area contributed by atoms with E-state index in [-0.39, 0.29) is 25.7 Å². The van der Waals surface area contributed by atoms with Crippen molar-refractivity contribution in [2.24, 2.45) is 5.92 Å². The van der Waals surface area contributed by atoms with Crippen molar-refractivity contribution in [3.05, 3.63) is 0 Å². The van der Waals surface area contributed by atoms with E-state index in [0.29, 0.717) is 25.7 Å². The molecule has 0 saturated carbocycles. The number of phosphoric acid groups is 2. The Balaban J connectivity index is 5.19. The summed E-state index contributed by atoms with van der Waals surface area (Å²) < 4.78 is 67.5. The van der Waals surface area contributed by atoms with Crippen molar-refractivity contribution in [2.45, 2.75) is 303 Å². The first kappa shape index (κ1) is 75.1. The van der Waals surface area contributed by atoms with Crippen LogP contribution in [0.2, 0.25) is 0 Å². The third kappa shape index (κ3) is 51.9. The molecule has 0 rings (SSSR count). The molecule has 0 aliphatic rings. The topological polar surface area (TPSA) is 237 Å². The van der Waals surface area contributed by atoms with E-state index in [0.717, 1.165) is 109 Å². The monoisotopic (exact) mass is 1140 g/mol. The van der Waals surface area contributed by atoms with Gasteiger partial charge in [0.25, 0.3) is 0 Å². The molecule has 0 aromatic heterocycles. The van der Waals surface area contributed by atoms with E-state index in [9.17, 15) is 43.2 Å². The maximum atomic E-state index is 12.9. The zero-order valence-corrected chi connectivity index (χ0v) is 50.9. The van der Waals surface area contributed by atoms with Gasteiger partial charge in [-0.25, -0.2) is 9.13 Å². The molecule has 17 nitrogen and oxygen atoms in total. The fourth-order valence-corrected chi connectivity index (χ4v) is 10.1. The maximum absolute atomic E-state index is 12.9. The lowest BCUT2D eigenvalue weighted by molar-refractivity contribution is -0.161. The van der Waals surface area contributed by atoms with Crippen molar-refractivity contribution in [1.82, 2.24) is 0 Å². The fraction of sp³-hybridized carbons (Fsp3) is 0.931. The maximum Gasteiger partial charge on any atom is 0.472 e. The van der Waals surface area contributed by atoms with Gasteiger partial charge in [0.15, 0.2) is 12.2 Å². The van der Waals surface area contributed by atoms with E-state index >= 15 is 0 Å². The lowest BCUT2D eigenvalue weighted by atomic mass is 10.00. The molecule has 19 heteroatoms. The molecule has 0 aliphatic heterocycles. The predicted molar refractivity (Wildman–Crippen MR) is 303 cm³/mol. The first-order valence-corrected chi connectivity index (χ1v) is 33.7. The van der Waals surface area contributed by atoms with Gasteiger partial charge < -0.3 is 33.8 Å². The molecule has 77 heavy (non-hydrogen) atoms. The Morgan fingerprint density at radius 1 is 0.364 bits per heavy atom. The highest BCUT2D eigenvalue weighted by molar-refractivity contribution is 7.47. The van der Waals surface area contributed by atoms with Crippen molar-refractivity contribution >= 4 is 39.5 Å². The first-order valence-electron chi connectivity index (χ1n) is 30.7. The zero-order valence-electron chi connectivity index (χ0n) is 49.1. The van der Waals surface area contributed by atoms with Gasteiger partial charge in [-0.05, 0) is 31.6 Å². The Kier molecular flexibility index (Phi) is 50.8. The standard InChI is InChI=1S/C58H112O17P2/c1-6-10-13-16-18-20-21-22-23-25-27-34-39-44-58(63)75-54(48-69-56(61)42-37-32-29-28-31-35-40-51(5)9-4)50-73-77(66,67)71-46-52(59)45-70-76(64,65)72-49-53(47-68-55(60)41-36-30-15-12-8-3)74-57(62)43-38-33-26-24-19-17-14-11-7-2/h51-54,59H,6-50H2,1-5H3,(H,64,65)(H,66,67)/t51?,52-,53+,54+/m0/s1. The molecule has 0 aromatic rings. The van der Waals surface area contributed by atoms with E-state index < -0.39 is 97.5 Å². The molecule has 3 N–H and O–H groups in total. The Hall–Kier alpha value is -1.94. The van der Waals surface area contributed by atoms with E-state index in [2.05, 4.69) is 34.6 Å². The first-order chi connectivity index (χ1) is 37.1. The Bertz CT molecular complexity index is 1520. The van der Waals surface area contributed by atoms with Gasteiger partial charge in [-0.1, -0.05) is 234 Å². The summed E-state index contributed by atoms with van der Waals surface area (Å²) >= 11 is 0. The van der Waals surface area contributed by atoms with Crippen molar-refractivity contribution in [1.29, 1.82) is 0 Å². The summed E-state index contributed by atoms with van der Waals surface area (Å²) in [6.07, 6.45) is 33.8. The Labute approximate surface area is 467 Å². The molecule has 0 fully saturated rings. The Morgan fingerprint density at radius 3 is 0.922 bits per heavy atom. The van der Waals surface area contributed by atoms with Gasteiger partial charge in [-0.15, -0.1) is 0 Å². The van der Waals surface area contributed by atoms with E-state index in [4.69, 9.17) is 37.0 Å². The van der Waals surface area contributed by atoms with Crippen LogP contribution in [0.4, 0.5) is 0 Å². The van der Waals surface area contributed by atoms with Crippen LogP contribution in [-0.2, 0) is 65.4 Å². The summed E-state index contributed by atoms with van der Waals surface area (Å²) in [7, 11) is -9.86. The molecule has 0 amide bonds. The third-order valence-corrected chi connectivity index (χ3v) is 15.5. The minimum atomic E-state index is -4.94. The molecule has 3 unspecified atom stereocenters. The van der Waals surface area contributed by atoms with Crippen LogP contribution < -0.4 is 0 Å². The van der Waals surface area contributed by atoms with Crippen molar-refractivity contribution in [2.75, 3.05) is 39.6 Å². The van der Waals surface area contributed by atoms with Gasteiger partial charge in [0, 0.05) is 25.7 Å². The quantitative estimate of drug-likeness (QED) is 0.0222. The van der Waals surface area contributed by atoms with Crippen LogP contribution in [0.25, 0.3) is 0 Å². The number of unbranched alkanes of at least 4 members (excludes halogenated alkanes) is 29. The van der Waals surface area contributed by atoms with E-state index in [1.54, 1.807) is 0 Å². The minimum absolute atomic E-state index is 0.105. The van der Waals surface area contributed by atoms with Gasteiger partial charge in [0.1, 0.15) is 19.3 Å². The van der Waals surface area contributed by atoms with Crippen LogP contribution in [0, 0.1) is 5.92 Å². The molecule has 6 atom stereocenters. The summed E-state index contributed by atoms with van der Waals surface area (Å²) in [5.41, 5.74) is 0. The predicted octanol–water partition coefficient (Wildman–Crippen LogP) is 15.5. The normalized spacial score (nSPS) is 14.8. The van der Waals surface area contributed by atoms with Gasteiger partial charge in [-0.2, -0.15) is 0 Å². The molecule has 0 aliphatic carbocycles. The van der Waals surface area contributed by atoms with Crippen LogP contribution in [0.3, 0.4) is 0 Å². The second-order valence-electron chi connectivity index (χ2n) is 21.3. The average molecular weight is 1140 g/mol. The van der Waals surface area contributed by atoms with Crippen molar-refractivity contribution in [3.8, 4) is 0 Å². The smallest absolute Gasteiger partial charge is 0.462 e. The van der Waals surface area contributed by atoms with Crippen LogP contribution in [0.15, 0.2) is 0 Å². The molecule has 0 aromatic carbocycles. The van der Waals surface area contributed by atoms with E-state index in [1.165, 1.54) is 96.3 Å². The summed E-state index contributed by atoms with van der Waals surface area (Å²) in [6, 6.07) is 0. The van der Waals surface area contributed by atoms with Crippen LogP contribution in [0.1, 0.15) is 285 Å². The summed E-state index contributed by atoms with van der Waals surface area (Å²) in [5, 5.41) is 10.5. The summed E-state index contributed by atoms with van der Waals surface area (Å²) in [6.45, 7) is 7.01.